The Hall–Kier alpha value is -0.930. The second-order valence-corrected chi connectivity index (χ2v) is 8.86. The summed E-state index contributed by atoms with van der Waals surface area (Å²) in [5.74, 6) is -1.14. The molecule has 1 amide bonds. The van der Waals surface area contributed by atoms with E-state index in [0.29, 0.717) is 37.4 Å². The number of hydrogen-bond donors (Lipinski definition) is 0. The van der Waals surface area contributed by atoms with Gasteiger partial charge in [0.25, 0.3) is 5.91 Å². The van der Waals surface area contributed by atoms with Crippen LogP contribution in [0.5, 0.6) is 0 Å². The highest BCUT2D eigenvalue weighted by Gasteiger charge is 2.31. The fourth-order valence-electron chi connectivity index (χ4n) is 2.57. The number of nitrogens with zero attached hydrogens (tertiary/aromatic N) is 1. The van der Waals surface area contributed by atoms with Crippen molar-refractivity contribution in [1.29, 1.82) is 0 Å². The van der Waals surface area contributed by atoms with Crippen LogP contribution in [-0.2, 0) is 19.1 Å². The van der Waals surface area contributed by atoms with Crippen LogP contribution >= 0.6 is 43.2 Å². The van der Waals surface area contributed by atoms with Crippen LogP contribution in [0.25, 0.3) is 0 Å². The summed E-state index contributed by atoms with van der Waals surface area (Å²) in [6, 6.07) is 1.65. The minimum atomic E-state index is -0.869. The van der Waals surface area contributed by atoms with E-state index in [1.165, 1.54) is 11.3 Å². The maximum Gasteiger partial charge on any atom is 0.349 e. The summed E-state index contributed by atoms with van der Waals surface area (Å²) < 4.78 is 11.9. The van der Waals surface area contributed by atoms with Gasteiger partial charge < -0.3 is 14.4 Å². The van der Waals surface area contributed by atoms with Gasteiger partial charge in [0.15, 0.2) is 6.10 Å². The van der Waals surface area contributed by atoms with Crippen molar-refractivity contribution >= 4 is 61.0 Å². The van der Waals surface area contributed by atoms with E-state index in [4.69, 9.17) is 9.47 Å². The van der Waals surface area contributed by atoms with E-state index in [9.17, 15) is 14.4 Å². The first-order chi connectivity index (χ1) is 11.8. The van der Waals surface area contributed by atoms with E-state index in [1.807, 2.05) is 0 Å². The summed E-state index contributed by atoms with van der Waals surface area (Å²) in [6.45, 7) is 4.62. The van der Waals surface area contributed by atoms with Gasteiger partial charge in [-0.2, -0.15) is 0 Å². The number of carbonyl (C=O) groups excluding carboxylic acids is 3. The highest BCUT2D eigenvalue weighted by Crippen LogP contribution is 2.33. The van der Waals surface area contributed by atoms with Gasteiger partial charge >= 0.3 is 11.9 Å². The maximum absolute atomic E-state index is 12.5. The average molecular weight is 497 g/mol. The fourth-order valence-corrected chi connectivity index (χ4v) is 4.49. The third-order valence-electron chi connectivity index (χ3n) is 3.90. The Bertz CT molecular complexity index is 635. The summed E-state index contributed by atoms with van der Waals surface area (Å²) in [7, 11) is 0. The molecule has 0 aliphatic carbocycles. The van der Waals surface area contributed by atoms with Crippen molar-refractivity contribution in [2.24, 2.45) is 5.92 Å². The number of hydrogen-bond acceptors (Lipinski definition) is 6. The zero-order chi connectivity index (χ0) is 18.6. The smallest absolute Gasteiger partial charge is 0.349 e. The minimum absolute atomic E-state index is 0.164. The van der Waals surface area contributed by atoms with E-state index >= 15 is 0 Å². The molecule has 1 aliphatic heterocycles. The fraction of sp³-hybridized carbons (Fsp3) is 0.562. The van der Waals surface area contributed by atoms with Crippen molar-refractivity contribution in [3.05, 3.63) is 19.2 Å². The van der Waals surface area contributed by atoms with Gasteiger partial charge in [0.05, 0.1) is 16.3 Å². The lowest BCUT2D eigenvalue weighted by Crippen LogP contribution is -2.45. The number of carbonyl (C=O) groups is 3. The molecule has 0 bridgehead atoms. The van der Waals surface area contributed by atoms with Gasteiger partial charge in [0.2, 0.25) is 0 Å². The molecule has 2 heterocycles. The van der Waals surface area contributed by atoms with Crippen molar-refractivity contribution in [2.75, 3.05) is 19.7 Å². The van der Waals surface area contributed by atoms with Crippen LogP contribution in [0, 0.1) is 5.92 Å². The Balaban J connectivity index is 1.86. The molecule has 0 aromatic carbocycles. The van der Waals surface area contributed by atoms with E-state index < -0.39 is 12.1 Å². The number of halogens is 2. The topological polar surface area (TPSA) is 72.9 Å². The maximum atomic E-state index is 12.5. The molecule has 9 heteroatoms. The van der Waals surface area contributed by atoms with E-state index in [0.717, 1.165) is 8.26 Å². The molecule has 25 heavy (non-hydrogen) atoms. The molecule has 0 saturated carbocycles. The SMILES string of the molecule is CCOC(=O)C1CCN(C(=O)C(C)OC(=O)c2cc(Br)c(Br)s2)CC1. The van der Waals surface area contributed by atoms with Gasteiger partial charge in [0.1, 0.15) is 4.88 Å². The highest BCUT2D eigenvalue weighted by atomic mass is 79.9. The van der Waals surface area contributed by atoms with Crippen molar-refractivity contribution in [1.82, 2.24) is 4.90 Å². The quantitative estimate of drug-likeness (QED) is 0.582. The van der Waals surface area contributed by atoms with E-state index in [-0.39, 0.29) is 17.8 Å². The number of thiophene rings is 1. The molecule has 0 N–H and O–H groups in total. The number of esters is 2. The lowest BCUT2D eigenvalue weighted by molar-refractivity contribution is -0.152. The zero-order valence-corrected chi connectivity index (χ0v) is 17.9. The van der Waals surface area contributed by atoms with Crippen LogP contribution in [-0.4, -0.2) is 48.5 Å². The molecule has 138 valence electrons. The molecular formula is C16H19Br2NO5S. The van der Waals surface area contributed by atoms with Gasteiger partial charge in [-0.25, -0.2) is 4.79 Å². The zero-order valence-electron chi connectivity index (χ0n) is 13.9. The van der Waals surface area contributed by atoms with Crippen molar-refractivity contribution in [2.45, 2.75) is 32.8 Å². The first kappa shape index (κ1) is 20.4. The molecule has 1 fully saturated rings. The number of piperidine rings is 1. The second-order valence-electron chi connectivity index (χ2n) is 5.63. The molecule has 1 saturated heterocycles. The van der Waals surface area contributed by atoms with Crippen LogP contribution in [0.15, 0.2) is 14.3 Å². The molecular weight excluding hydrogens is 478 g/mol. The van der Waals surface area contributed by atoms with E-state index in [2.05, 4.69) is 31.9 Å². The van der Waals surface area contributed by atoms with Gasteiger partial charge in [-0.15, -0.1) is 11.3 Å². The number of likely N-dealkylation sites (tertiary alicyclic amines) is 1. The van der Waals surface area contributed by atoms with E-state index in [1.54, 1.807) is 24.8 Å². The number of amides is 1. The lowest BCUT2D eigenvalue weighted by atomic mass is 9.97. The molecule has 0 spiro atoms. The second kappa shape index (κ2) is 9.14. The van der Waals surface area contributed by atoms with Gasteiger partial charge in [0, 0.05) is 17.6 Å². The Kier molecular flexibility index (Phi) is 7.45. The number of ether oxygens (including phenoxy) is 2. The summed E-state index contributed by atoms with van der Waals surface area (Å²) in [5, 5.41) is 0. The van der Waals surface area contributed by atoms with Crippen LogP contribution in [0.1, 0.15) is 36.4 Å². The van der Waals surface area contributed by atoms with Crippen LogP contribution in [0.4, 0.5) is 0 Å². The molecule has 2 rings (SSSR count). The molecule has 1 atom stereocenters. The van der Waals surface area contributed by atoms with Crippen LogP contribution < -0.4 is 0 Å². The monoisotopic (exact) mass is 495 g/mol. The van der Waals surface area contributed by atoms with Gasteiger partial charge in [-0.3, -0.25) is 9.59 Å². The molecule has 1 unspecified atom stereocenters. The highest BCUT2D eigenvalue weighted by molar-refractivity contribution is 9.13. The van der Waals surface area contributed by atoms with Gasteiger partial charge in [-0.05, 0) is 64.6 Å². The van der Waals surface area contributed by atoms with Gasteiger partial charge in [-0.1, -0.05) is 0 Å². The summed E-state index contributed by atoms with van der Waals surface area (Å²) >= 11 is 7.87. The normalized spacial score (nSPS) is 16.4. The summed E-state index contributed by atoms with van der Waals surface area (Å²) in [5.41, 5.74) is 0. The third-order valence-corrected chi connectivity index (χ3v) is 7.14. The first-order valence-corrected chi connectivity index (χ1v) is 10.3. The molecule has 6 nitrogen and oxygen atoms in total. The summed E-state index contributed by atoms with van der Waals surface area (Å²) in [6.07, 6.45) is 0.262. The van der Waals surface area contributed by atoms with Crippen molar-refractivity contribution in [3.8, 4) is 0 Å². The van der Waals surface area contributed by atoms with Crippen LogP contribution in [0.2, 0.25) is 0 Å². The standard InChI is InChI=1S/C16H19Br2NO5S/c1-3-23-15(21)10-4-6-19(7-5-10)14(20)9(2)24-16(22)12-8-11(17)13(18)25-12/h8-10H,3-7H2,1-2H3. The predicted octanol–water partition coefficient (Wildman–Crippen LogP) is 3.62. The van der Waals surface area contributed by atoms with Crippen molar-refractivity contribution < 1.29 is 23.9 Å². The Morgan fingerprint density at radius 2 is 1.96 bits per heavy atom. The molecule has 1 aliphatic rings. The van der Waals surface area contributed by atoms with Crippen LogP contribution in [0.3, 0.4) is 0 Å². The molecule has 0 radical (unpaired) electrons. The Morgan fingerprint density at radius 1 is 1.32 bits per heavy atom. The summed E-state index contributed by atoms with van der Waals surface area (Å²) in [4.78, 5) is 38.4. The first-order valence-electron chi connectivity index (χ1n) is 7.94. The average Bonchev–Trinajstić information content (AvgIpc) is 2.93. The molecule has 1 aromatic rings. The Morgan fingerprint density at radius 3 is 2.48 bits per heavy atom. The largest absolute Gasteiger partial charge is 0.466 e. The van der Waals surface area contributed by atoms with Crippen molar-refractivity contribution in [3.63, 3.8) is 0 Å². The minimum Gasteiger partial charge on any atom is -0.466 e. The third kappa shape index (κ3) is 5.27. The Labute approximate surface area is 167 Å². The number of rotatable bonds is 5. The predicted molar refractivity (Wildman–Crippen MR) is 101 cm³/mol. The lowest BCUT2D eigenvalue weighted by Gasteiger charge is -2.32. The molecule has 1 aromatic heterocycles.